The number of rotatable bonds is 7. The van der Waals surface area contributed by atoms with Gasteiger partial charge in [0.05, 0.1) is 23.2 Å². The number of hydrogen-bond acceptors (Lipinski definition) is 11. The molecular formula is C34H38FN5O8. The molecule has 48 heavy (non-hydrogen) atoms. The Bertz CT molecular complexity index is 1810. The van der Waals surface area contributed by atoms with Gasteiger partial charge in [-0.3, -0.25) is 29.0 Å². The number of phenols is 1. The number of aromatic hydroxyl groups is 1. The highest BCUT2D eigenvalue weighted by atomic mass is 19.1. The first-order valence-corrected chi connectivity index (χ1v) is 15.5. The summed E-state index contributed by atoms with van der Waals surface area (Å²) in [5.41, 5.74) is 3.15. The molecule has 2 aromatic rings. The number of fused-ring (bicyclic) bond motifs is 3. The summed E-state index contributed by atoms with van der Waals surface area (Å²) in [5.74, 6) is -8.56. The van der Waals surface area contributed by atoms with Crippen molar-refractivity contribution in [1.29, 1.82) is 0 Å². The Labute approximate surface area is 275 Å². The maximum Gasteiger partial charge on any atom is 0.255 e. The number of benzene rings is 2. The quantitative estimate of drug-likeness (QED) is 0.185. The summed E-state index contributed by atoms with van der Waals surface area (Å²) in [5, 5.41) is 48.6. The van der Waals surface area contributed by atoms with Gasteiger partial charge in [-0.25, -0.2) is 4.39 Å². The molecule has 7 N–H and O–H groups in total. The van der Waals surface area contributed by atoms with Crippen molar-refractivity contribution in [3.63, 3.8) is 0 Å². The van der Waals surface area contributed by atoms with E-state index >= 15 is 0 Å². The summed E-state index contributed by atoms with van der Waals surface area (Å²) in [6.07, 6.45) is 0.0821. The maximum absolute atomic E-state index is 14.2. The fourth-order valence-electron chi connectivity index (χ4n) is 7.74. The first-order chi connectivity index (χ1) is 22.6. The zero-order valence-corrected chi connectivity index (χ0v) is 27.0. The number of likely N-dealkylation sites (tertiary alicyclic amines) is 1. The predicted molar refractivity (Wildman–Crippen MR) is 172 cm³/mol. The second-order valence-corrected chi connectivity index (χ2v) is 13.5. The number of nitrogens with one attached hydrogen (secondary N) is 1. The number of hydrogen-bond donors (Lipinski definition) is 6. The molecule has 4 aliphatic rings. The molecule has 1 fully saturated rings. The summed E-state index contributed by atoms with van der Waals surface area (Å²) < 4.78 is 13.3. The number of aliphatic hydroxyl groups is 3. The van der Waals surface area contributed by atoms with Crippen LogP contribution in [-0.4, -0.2) is 107 Å². The number of amides is 2. The molecular weight excluding hydrogens is 625 g/mol. The number of aliphatic hydroxyl groups excluding tert-OH is 2. The van der Waals surface area contributed by atoms with Crippen molar-refractivity contribution in [1.82, 2.24) is 9.80 Å². The van der Waals surface area contributed by atoms with E-state index in [-0.39, 0.29) is 41.4 Å². The summed E-state index contributed by atoms with van der Waals surface area (Å²) in [6, 6.07) is 6.59. The van der Waals surface area contributed by atoms with Crippen LogP contribution in [0.4, 0.5) is 15.8 Å². The van der Waals surface area contributed by atoms with Crippen molar-refractivity contribution in [3.05, 3.63) is 75.5 Å². The van der Waals surface area contributed by atoms with Gasteiger partial charge in [0.25, 0.3) is 5.91 Å². The van der Waals surface area contributed by atoms with E-state index in [0.29, 0.717) is 30.9 Å². The molecule has 2 aromatic carbocycles. The lowest BCUT2D eigenvalue weighted by atomic mass is 9.58. The van der Waals surface area contributed by atoms with E-state index in [0.717, 1.165) is 5.56 Å². The summed E-state index contributed by atoms with van der Waals surface area (Å²) in [6.45, 7) is 1.39. The molecule has 0 spiro atoms. The van der Waals surface area contributed by atoms with Gasteiger partial charge in [0.15, 0.2) is 17.1 Å². The van der Waals surface area contributed by atoms with Crippen LogP contribution in [0, 0.1) is 23.6 Å². The molecule has 0 aromatic heterocycles. The van der Waals surface area contributed by atoms with Crippen LogP contribution in [0.15, 0.2) is 53.0 Å². The van der Waals surface area contributed by atoms with Crippen LogP contribution >= 0.6 is 0 Å². The van der Waals surface area contributed by atoms with Crippen molar-refractivity contribution in [2.24, 2.45) is 23.5 Å². The third kappa shape index (κ3) is 5.02. The first kappa shape index (κ1) is 33.1. The van der Waals surface area contributed by atoms with Gasteiger partial charge >= 0.3 is 0 Å². The fourth-order valence-corrected chi connectivity index (χ4v) is 7.74. The van der Waals surface area contributed by atoms with Crippen LogP contribution in [0.3, 0.4) is 0 Å². The van der Waals surface area contributed by atoms with Crippen LogP contribution in [-0.2, 0) is 27.3 Å². The molecule has 6 rings (SSSR count). The zero-order chi connectivity index (χ0) is 35.0. The highest BCUT2D eigenvalue weighted by molar-refractivity contribution is 6.25. The Balaban J connectivity index is 1.33. The van der Waals surface area contributed by atoms with E-state index in [1.165, 1.54) is 17.0 Å². The van der Waals surface area contributed by atoms with Crippen LogP contribution in [0.1, 0.15) is 27.9 Å². The van der Waals surface area contributed by atoms with Crippen molar-refractivity contribution < 1.29 is 44.0 Å². The van der Waals surface area contributed by atoms with Gasteiger partial charge in [0.2, 0.25) is 11.7 Å². The van der Waals surface area contributed by atoms with E-state index < -0.39 is 69.7 Å². The molecule has 1 heterocycles. The fraction of sp³-hybridized carbons (Fsp3) is 0.412. The van der Waals surface area contributed by atoms with Gasteiger partial charge < -0.3 is 36.4 Å². The number of phenolic OH excluding ortho intramolecular Hbond substituents is 1. The average Bonchev–Trinajstić information content (AvgIpc) is 2.98. The molecule has 4 atom stereocenters. The van der Waals surface area contributed by atoms with Crippen LogP contribution < -0.4 is 16.0 Å². The third-order valence-corrected chi connectivity index (χ3v) is 10.1. The molecule has 14 heteroatoms. The first-order valence-electron chi connectivity index (χ1n) is 15.5. The van der Waals surface area contributed by atoms with Gasteiger partial charge in [0, 0.05) is 50.9 Å². The molecule has 0 bridgehead atoms. The Morgan fingerprint density at radius 3 is 2.31 bits per heavy atom. The van der Waals surface area contributed by atoms with E-state index in [9.17, 15) is 44.0 Å². The van der Waals surface area contributed by atoms with Gasteiger partial charge in [0.1, 0.15) is 22.9 Å². The van der Waals surface area contributed by atoms with Crippen molar-refractivity contribution in [3.8, 4) is 5.75 Å². The van der Waals surface area contributed by atoms with Gasteiger partial charge in [-0.05, 0) is 62.2 Å². The molecule has 0 unspecified atom stereocenters. The third-order valence-electron chi connectivity index (χ3n) is 10.1. The van der Waals surface area contributed by atoms with Crippen molar-refractivity contribution >= 4 is 34.8 Å². The van der Waals surface area contributed by atoms with Crippen molar-refractivity contribution in [2.75, 3.05) is 51.5 Å². The van der Waals surface area contributed by atoms with Gasteiger partial charge in [-0.15, -0.1) is 0 Å². The molecule has 0 saturated carbocycles. The van der Waals surface area contributed by atoms with Crippen LogP contribution in [0.25, 0.3) is 0 Å². The smallest absolute Gasteiger partial charge is 0.255 e. The standard InChI is InChI=1S/C34H38FN5O8/c1-38(2)22-11-21(37-33(47)17-13-40(14-17)12-15-5-7-18(35)8-6-15)27(41)24-19(22)9-16-10-20-26(39(3)4)29(43)25(32(36)46)31(45)34(20,48)30(44)23(16)28(24)42/h5-8,11,16-17,20,26,41,43-44,48H,9-10,12-14H2,1-4H3,(H2,36,46)(H,37,47)/t16-,20-,26-,34-/m0/s1. The highest BCUT2D eigenvalue weighted by Gasteiger charge is 2.63. The van der Waals surface area contributed by atoms with Crippen LogP contribution in [0.5, 0.6) is 5.75 Å². The normalized spacial score (nSPS) is 25.8. The molecule has 1 saturated heterocycles. The van der Waals surface area contributed by atoms with Gasteiger partial charge in [-0.1, -0.05) is 12.1 Å². The lowest BCUT2D eigenvalue weighted by Gasteiger charge is -2.50. The van der Waals surface area contributed by atoms with Crippen molar-refractivity contribution in [2.45, 2.75) is 31.0 Å². The number of likely N-dealkylation sites (N-methyl/N-ethyl adjacent to an activating group) is 1. The maximum atomic E-state index is 14.2. The van der Waals surface area contributed by atoms with E-state index in [1.54, 1.807) is 51.3 Å². The summed E-state index contributed by atoms with van der Waals surface area (Å²) in [7, 11) is 6.61. The van der Waals surface area contributed by atoms with E-state index in [2.05, 4.69) is 5.32 Å². The number of Topliss-reactive ketones (excluding diaryl/α,β-unsaturated/α-hetero) is 2. The Morgan fingerprint density at radius 2 is 1.73 bits per heavy atom. The lowest BCUT2D eigenvalue weighted by molar-refractivity contribution is -0.148. The molecule has 2 amide bonds. The molecule has 0 radical (unpaired) electrons. The number of carbonyl (C=O) groups excluding carboxylic acids is 4. The Morgan fingerprint density at radius 1 is 1.08 bits per heavy atom. The van der Waals surface area contributed by atoms with E-state index in [1.807, 2.05) is 4.90 Å². The Hall–Kier alpha value is -4.79. The molecule has 1 aliphatic heterocycles. The number of allylic oxidation sites excluding steroid dienone is 1. The minimum Gasteiger partial charge on any atom is -0.510 e. The number of nitrogens with zero attached hydrogens (tertiary/aromatic N) is 3. The summed E-state index contributed by atoms with van der Waals surface area (Å²) in [4.78, 5) is 58.5. The topological polar surface area (TPSA) is 197 Å². The second kappa shape index (κ2) is 11.7. The second-order valence-electron chi connectivity index (χ2n) is 13.5. The predicted octanol–water partition coefficient (Wildman–Crippen LogP) is 1.40. The number of anilines is 2. The van der Waals surface area contributed by atoms with E-state index in [4.69, 9.17) is 5.73 Å². The Kier molecular flexibility index (Phi) is 8.09. The molecule has 3 aliphatic carbocycles. The minimum absolute atomic E-state index is 0.0241. The number of ketones is 2. The van der Waals surface area contributed by atoms with Crippen LogP contribution in [0.2, 0.25) is 0 Å². The van der Waals surface area contributed by atoms with Gasteiger partial charge in [-0.2, -0.15) is 0 Å². The molecule has 254 valence electrons. The highest BCUT2D eigenvalue weighted by Crippen LogP contribution is 2.54. The zero-order valence-electron chi connectivity index (χ0n) is 27.0. The monoisotopic (exact) mass is 663 g/mol. The average molecular weight is 664 g/mol. The number of carbonyl (C=O) groups is 4. The summed E-state index contributed by atoms with van der Waals surface area (Å²) >= 11 is 0. The number of nitrogens with two attached hydrogens (primary N) is 1. The largest absolute Gasteiger partial charge is 0.510 e. The lowest BCUT2D eigenvalue weighted by Crippen LogP contribution is -2.63. The number of primary amides is 1. The number of halogens is 1. The molecule has 13 nitrogen and oxygen atoms in total. The SMILES string of the molecule is CN(C)c1cc(NC(=O)C2CN(Cc3ccc(F)cc3)C2)c(O)c2c1C[C@H]1C[C@H]3[C@H](N(C)C)C(O)=C(C(N)=O)C(=O)[C@@]3(O)C(O)=C1C2=O. The minimum atomic E-state index is -2.75.